The number of amides is 2. The molecule has 1 aliphatic heterocycles. The zero-order chi connectivity index (χ0) is 20.8. The number of nitrogens with zero attached hydrogens (tertiary/aromatic N) is 2. The number of rotatable bonds is 4. The number of nitrogens with one attached hydrogen (secondary N) is 1. The van der Waals surface area contributed by atoms with Crippen molar-refractivity contribution >= 4 is 65.6 Å². The molecule has 1 atom stereocenters. The smallest absolute Gasteiger partial charge is 0.231 e. The van der Waals surface area contributed by atoms with Crippen LogP contribution in [0.5, 0.6) is 0 Å². The van der Waals surface area contributed by atoms with Crippen LogP contribution in [0.1, 0.15) is 6.42 Å². The highest BCUT2D eigenvalue weighted by Crippen LogP contribution is 2.30. The molecule has 1 saturated heterocycles. The molecule has 0 aliphatic carbocycles. The molecule has 10 heteroatoms. The lowest BCUT2D eigenvalue weighted by Gasteiger charge is -2.16. The van der Waals surface area contributed by atoms with E-state index >= 15 is 0 Å². The van der Waals surface area contributed by atoms with E-state index in [-0.39, 0.29) is 29.7 Å². The van der Waals surface area contributed by atoms with Crippen molar-refractivity contribution in [1.82, 2.24) is 4.98 Å². The lowest BCUT2D eigenvalue weighted by molar-refractivity contribution is -0.122. The lowest BCUT2D eigenvalue weighted by Crippen LogP contribution is -2.28. The first-order valence-corrected chi connectivity index (χ1v) is 11.8. The molecule has 0 spiro atoms. The van der Waals surface area contributed by atoms with Crippen molar-refractivity contribution in [2.45, 2.75) is 11.3 Å². The van der Waals surface area contributed by atoms with Crippen molar-refractivity contribution in [3.05, 3.63) is 47.5 Å². The fourth-order valence-corrected chi connectivity index (χ4v) is 4.91. The number of halogens is 1. The molecule has 0 saturated carbocycles. The highest BCUT2D eigenvalue weighted by atomic mass is 35.5. The Morgan fingerprint density at radius 3 is 2.66 bits per heavy atom. The topological polar surface area (TPSA) is 96.4 Å². The maximum atomic E-state index is 12.7. The molecule has 2 amide bonds. The summed E-state index contributed by atoms with van der Waals surface area (Å²) in [4.78, 5) is 31.1. The van der Waals surface area contributed by atoms with Crippen molar-refractivity contribution < 1.29 is 18.0 Å². The summed E-state index contributed by atoms with van der Waals surface area (Å²) in [5, 5.41) is 3.69. The highest BCUT2D eigenvalue weighted by Gasteiger charge is 2.35. The third-order valence-corrected chi connectivity index (χ3v) is 6.95. The number of hydrogen-bond donors (Lipinski definition) is 1. The molecule has 0 unspecified atom stereocenters. The third kappa shape index (κ3) is 4.12. The number of carbonyl (C=O) groups is 2. The maximum absolute atomic E-state index is 12.7. The van der Waals surface area contributed by atoms with Gasteiger partial charge >= 0.3 is 0 Å². The van der Waals surface area contributed by atoms with Crippen molar-refractivity contribution in [1.29, 1.82) is 0 Å². The molecule has 0 radical (unpaired) electrons. The van der Waals surface area contributed by atoms with Crippen LogP contribution >= 0.6 is 22.9 Å². The average Bonchev–Trinajstić information content (AvgIpc) is 3.24. The number of carbonyl (C=O) groups excluding carboxylic acids is 2. The van der Waals surface area contributed by atoms with Crippen molar-refractivity contribution in [3.8, 4) is 0 Å². The molecular weight excluding hydrogens is 434 g/mol. The van der Waals surface area contributed by atoms with Gasteiger partial charge in [-0.25, -0.2) is 13.4 Å². The molecule has 150 valence electrons. The summed E-state index contributed by atoms with van der Waals surface area (Å²) in [6, 6.07) is 11.5. The molecule has 29 heavy (non-hydrogen) atoms. The second-order valence-corrected chi connectivity index (χ2v) is 10.3. The fourth-order valence-electron chi connectivity index (χ4n) is 3.15. The standard InChI is InChI=1S/C19H16ClN3O4S2/c1-29(26,27)14-6-7-15-16(9-14)28-19(21-15)22-18(25)11-8-17(24)23(10-11)13-4-2-12(20)3-5-13/h2-7,9,11H,8,10H2,1H3,(H,21,22,25)/t11-/m1/s1. The molecule has 1 fully saturated rings. The first-order chi connectivity index (χ1) is 13.7. The first kappa shape index (κ1) is 19.8. The summed E-state index contributed by atoms with van der Waals surface area (Å²) in [5.41, 5.74) is 1.30. The van der Waals surface area contributed by atoms with Crippen LogP contribution in [0.25, 0.3) is 10.2 Å². The Morgan fingerprint density at radius 2 is 1.97 bits per heavy atom. The molecule has 3 aromatic rings. The number of anilines is 2. The van der Waals surface area contributed by atoms with Crippen molar-refractivity contribution in [3.63, 3.8) is 0 Å². The number of fused-ring (bicyclic) bond motifs is 1. The fraction of sp³-hybridized carbons (Fsp3) is 0.211. The summed E-state index contributed by atoms with van der Waals surface area (Å²) >= 11 is 7.08. The monoisotopic (exact) mass is 449 g/mol. The number of aromatic nitrogens is 1. The summed E-state index contributed by atoms with van der Waals surface area (Å²) in [5.74, 6) is -0.927. The molecule has 2 heterocycles. The van der Waals surface area contributed by atoms with Gasteiger partial charge in [0.1, 0.15) is 0 Å². The average molecular weight is 450 g/mol. The summed E-state index contributed by atoms with van der Waals surface area (Å²) in [7, 11) is -3.32. The minimum atomic E-state index is -3.32. The molecule has 0 bridgehead atoms. The third-order valence-electron chi connectivity index (χ3n) is 4.65. The molecule has 4 rings (SSSR count). The Bertz CT molecular complexity index is 1220. The van der Waals surface area contributed by atoms with Gasteiger partial charge in [-0.2, -0.15) is 0 Å². The number of sulfone groups is 1. The van der Waals surface area contributed by atoms with Crippen LogP contribution in [-0.4, -0.2) is 38.0 Å². The van der Waals surface area contributed by atoms with E-state index in [1.54, 1.807) is 41.3 Å². The Hall–Kier alpha value is -2.49. The van der Waals surface area contributed by atoms with E-state index in [0.717, 1.165) is 6.26 Å². The van der Waals surface area contributed by atoms with Gasteiger partial charge in [0.15, 0.2) is 15.0 Å². The summed E-state index contributed by atoms with van der Waals surface area (Å²) in [6.45, 7) is 0.273. The quantitative estimate of drug-likeness (QED) is 0.658. The van der Waals surface area contributed by atoms with Crippen LogP contribution in [0.2, 0.25) is 5.02 Å². The lowest BCUT2D eigenvalue weighted by atomic mass is 10.1. The molecule has 1 N–H and O–H groups in total. The Kier molecular flexibility index (Phi) is 5.05. The zero-order valence-electron chi connectivity index (χ0n) is 15.3. The number of thiazole rings is 1. The minimum absolute atomic E-state index is 0.109. The minimum Gasteiger partial charge on any atom is -0.312 e. The van der Waals surface area contributed by atoms with E-state index in [2.05, 4.69) is 10.3 Å². The van der Waals surface area contributed by atoms with Gasteiger partial charge in [0.2, 0.25) is 11.8 Å². The Labute approximate surface area is 176 Å². The number of benzene rings is 2. The van der Waals surface area contributed by atoms with Crippen LogP contribution in [0.15, 0.2) is 47.4 Å². The second kappa shape index (κ2) is 7.40. The highest BCUT2D eigenvalue weighted by molar-refractivity contribution is 7.90. The first-order valence-electron chi connectivity index (χ1n) is 8.68. The van der Waals surface area contributed by atoms with E-state index in [4.69, 9.17) is 11.6 Å². The van der Waals surface area contributed by atoms with Crippen LogP contribution < -0.4 is 10.2 Å². The van der Waals surface area contributed by atoms with Gasteiger partial charge in [-0.3, -0.25) is 9.59 Å². The SMILES string of the molecule is CS(=O)(=O)c1ccc2nc(NC(=O)[C@@H]3CC(=O)N(c4ccc(Cl)cc4)C3)sc2c1. The van der Waals surface area contributed by atoms with Gasteiger partial charge in [-0.15, -0.1) is 0 Å². The van der Waals surface area contributed by atoms with Crippen LogP contribution in [0.4, 0.5) is 10.8 Å². The molecule has 2 aromatic carbocycles. The van der Waals surface area contributed by atoms with Gasteiger partial charge in [-0.1, -0.05) is 22.9 Å². The van der Waals surface area contributed by atoms with Crippen molar-refractivity contribution in [2.75, 3.05) is 23.0 Å². The Morgan fingerprint density at radius 1 is 1.24 bits per heavy atom. The largest absolute Gasteiger partial charge is 0.312 e. The normalized spacial score (nSPS) is 17.1. The van der Waals surface area contributed by atoms with E-state index in [1.165, 1.54) is 17.4 Å². The second-order valence-electron chi connectivity index (χ2n) is 6.79. The molecule has 1 aliphatic rings. The van der Waals surface area contributed by atoms with Crippen LogP contribution in [0.3, 0.4) is 0 Å². The van der Waals surface area contributed by atoms with Gasteiger partial charge in [-0.05, 0) is 42.5 Å². The Balaban J connectivity index is 1.49. The van der Waals surface area contributed by atoms with Crippen LogP contribution in [-0.2, 0) is 19.4 Å². The number of hydrogen-bond acceptors (Lipinski definition) is 6. The predicted octanol–water partition coefficient (Wildman–Crippen LogP) is 3.34. The van der Waals surface area contributed by atoms with Crippen molar-refractivity contribution in [2.24, 2.45) is 5.92 Å². The summed E-state index contributed by atoms with van der Waals surface area (Å²) < 4.78 is 24.1. The predicted molar refractivity (Wildman–Crippen MR) is 113 cm³/mol. The van der Waals surface area contributed by atoms with Gasteiger partial charge < -0.3 is 10.2 Å². The van der Waals surface area contributed by atoms with Gasteiger partial charge in [0.05, 0.1) is 21.0 Å². The maximum Gasteiger partial charge on any atom is 0.231 e. The van der Waals surface area contributed by atoms with Gasteiger partial charge in [0.25, 0.3) is 0 Å². The van der Waals surface area contributed by atoms with E-state index in [0.29, 0.717) is 26.1 Å². The summed E-state index contributed by atoms with van der Waals surface area (Å²) in [6.07, 6.45) is 1.25. The van der Waals surface area contributed by atoms with E-state index in [9.17, 15) is 18.0 Å². The molecular formula is C19H16ClN3O4S2. The molecule has 7 nitrogen and oxygen atoms in total. The molecule has 1 aromatic heterocycles. The van der Waals surface area contributed by atoms with E-state index in [1.807, 2.05) is 0 Å². The zero-order valence-corrected chi connectivity index (χ0v) is 17.6. The van der Waals surface area contributed by atoms with Crippen LogP contribution in [0, 0.1) is 5.92 Å². The van der Waals surface area contributed by atoms with E-state index < -0.39 is 15.8 Å². The van der Waals surface area contributed by atoms with Gasteiger partial charge in [0, 0.05) is 29.9 Å².